The molecule has 2 nitrogen and oxygen atoms in total. The Labute approximate surface area is 98.6 Å². The fourth-order valence-corrected chi connectivity index (χ4v) is 0.237. The van der Waals surface area contributed by atoms with Crippen molar-refractivity contribution in [2.45, 2.75) is 61.8 Å². The molecule has 0 rings (SSSR count). The first kappa shape index (κ1) is 29.2. The molecule has 0 bridgehead atoms. The summed E-state index contributed by atoms with van der Waals surface area (Å²) in [5.74, 6) is 0.677. The molecule has 0 radical (unpaired) electrons. The Hall–Kier alpha value is 0.270. The van der Waals surface area contributed by atoms with E-state index in [0.29, 0.717) is 5.88 Å². The van der Waals surface area contributed by atoms with Crippen LogP contribution in [0.3, 0.4) is 0 Å². The molecule has 0 spiro atoms. The van der Waals surface area contributed by atoms with Gasteiger partial charge in [-0.25, -0.2) is 5.43 Å². The summed E-state index contributed by atoms with van der Waals surface area (Å²) in [4.78, 5) is 0. The molecule has 0 aliphatic heterocycles. The van der Waals surface area contributed by atoms with E-state index < -0.39 is 0 Å². The van der Waals surface area contributed by atoms with Crippen LogP contribution in [0.15, 0.2) is 0 Å². The Morgan fingerprint density at radius 1 is 0.857 bits per heavy atom. The van der Waals surface area contributed by atoms with E-state index in [2.05, 4.69) is 37.3 Å². The molecular weight excluding hydrogens is 192 g/mol. The van der Waals surface area contributed by atoms with Gasteiger partial charge >= 0.3 is 0 Å². The predicted molar refractivity (Wildman–Crippen MR) is 76.1 cm³/mol. The summed E-state index contributed by atoms with van der Waals surface area (Å²) < 4.78 is 0. The minimum absolute atomic E-state index is 0.677. The van der Waals surface area contributed by atoms with Gasteiger partial charge in [-0.05, 0) is 7.05 Å². The third-order valence-electron chi connectivity index (χ3n) is 0.256. The van der Waals surface area contributed by atoms with Crippen molar-refractivity contribution in [3.63, 3.8) is 0 Å². The van der Waals surface area contributed by atoms with E-state index >= 15 is 0 Å². The lowest BCUT2D eigenvalue weighted by molar-refractivity contribution is 0.675. The van der Waals surface area contributed by atoms with E-state index in [9.17, 15) is 0 Å². The fourth-order valence-electron chi connectivity index (χ4n) is 0.0791. The second-order valence-electron chi connectivity index (χ2n) is 1.29. The molecule has 0 saturated heterocycles. The summed E-state index contributed by atoms with van der Waals surface area (Å²) in [6.07, 6.45) is 1.25. The van der Waals surface area contributed by atoms with Crippen LogP contribution >= 0.6 is 12.6 Å². The van der Waals surface area contributed by atoms with Gasteiger partial charge in [-0.3, -0.25) is 5.43 Å². The molecular formula is C11H34N2S. The van der Waals surface area contributed by atoms with E-state index in [4.69, 9.17) is 0 Å². The molecule has 0 aliphatic carbocycles. The topological polar surface area (TPSA) is 24.1 Å². The lowest BCUT2D eigenvalue weighted by Gasteiger charge is -1.89. The largest absolute Gasteiger partial charge is 0.260 e. The highest BCUT2D eigenvalue weighted by atomic mass is 32.1. The van der Waals surface area contributed by atoms with Gasteiger partial charge in [-0.2, -0.15) is 12.6 Å². The van der Waals surface area contributed by atoms with Gasteiger partial charge in [0.05, 0.1) is 5.88 Å². The van der Waals surface area contributed by atoms with E-state index in [0.717, 1.165) is 0 Å². The SMILES string of the molecule is CC.CC.CC.CCC.CNNCS. The summed E-state index contributed by atoms with van der Waals surface area (Å²) in [5.41, 5.74) is 5.42. The lowest BCUT2D eigenvalue weighted by Crippen LogP contribution is -2.25. The van der Waals surface area contributed by atoms with Gasteiger partial charge < -0.3 is 0 Å². The second-order valence-corrected chi connectivity index (χ2v) is 1.61. The van der Waals surface area contributed by atoms with Crippen molar-refractivity contribution in [1.29, 1.82) is 0 Å². The van der Waals surface area contributed by atoms with E-state index in [-0.39, 0.29) is 0 Å². The molecule has 0 aromatic heterocycles. The highest BCUT2D eigenvalue weighted by Gasteiger charge is 1.60. The van der Waals surface area contributed by atoms with E-state index in [1.54, 1.807) is 7.05 Å². The van der Waals surface area contributed by atoms with Crippen molar-refractivity contribution >= 4 is 12.6 Å². The Morgan fingerprint density at radius 2 is 1.07 bits per heavy atom. The maximum absolute atomic E-state index is 3.83. The van der Waals surface area contributed by atoms with Gasteiger partial charge in [0.2, 0.25) is 0 Å². The molecule has 0 fully saturated rings. The number of thiol groups is 1. The van der Waals surface area contributed by atoms with Crippen LogP contribution in [0.2, 0.25) is 0 Å². The summed E-state index contributed by atoms with van der Waals surface area (Å²) in [6, 6.07) is 0. The van der Waals surface area contributed by atoms with Crippen molar-refractivity contribution in [3.05, 3.63) is 0 Å². The zero-order valence-electron chi connectivity index (χ0n) is 11.9. The average Bonchev–Trinajstić information content (AvgIpc) is 2.29. The molecule has 0 aromatic rings. The van der Waals surface area contributed by atoms with Gasteiger partial charge in [-0.1, -0.05) is 61.8 Å². The minimum atomic E-state index is 0.677. The van der Waals surface area contributed by atoms with Crippen LogP contribution in [0.1, 0.15) is 61.8 Å². The molecule has 0 unspecified atom stereocenters. The third-order valence-corrected chi connectivity index (χ3v) is 0.414. The van der Waals surface area contributed by atoms with Gasteiger partial charge in [0.15, 0.2) is 0 Å². The smallest absolute Gasteiger partial charge is 0.0526 e. The van der Waals surface area contributed by atoms with Crippen molar-refractivity contribution in [2.75, 3.05) is 12.9 Å². The predicted octanol–water partition coefficient (Wildman–Crippen LogP) is 4.09. The summed E-state index contributed by atoms with van der Waals surface area (Å²) in [7, 11) is 1.80. The average molecular weight is 226 g/mol. The van der Waals surface area contributed by atoms with E-state index in [1.165, 1.54) is 6.42 Å². The maximum Gasteiger partial charge on any atom is 0.0526 e. The highest BCUT2D eigenvalue weighted by Crippen LogP contribution is 1.56. The first-order valence-electron chi connectivity index (χ1n) is 5.83. The summed E-state index contributed by atoms with van der Waals surface area (Å²) >= 11 is 3.83. The zero-order chi connectivity index (χ0) is 12.8. The minimum Gasteiger partial charge on any atom is -0.260 e. The van der Waals surface area contributed by atoms with Crippen molar-refractivity contribution in [2.24, 2.45) is 0 Å². The van der Waals surface area contributed by atoms with Crippen LogP contribution < -0.4 is 10.9 Å². The quantitative estimate of drug-likeness (QED) is 0.375. The van der Waals surface area contributed by atoms with Gasteiger partial charge in [0, 0.05) is 0 Å². The van der Waals surface area contributed by atoms with Crippen LogP contribution in [-0.2, 0) is 0 Å². The molecule has 2 N–H and O–H groups in total. The molecule has 0 amide bonds. The van der Waals surface area contributed by atoms with Crippen molar-refractivity contribution < 1.29 is 0 Å². The second kappa shape index (κ2) is 110. The molecule has 94 valence electrons. The molecule has 0 saturated carbocycles. The van der Waals surface area contributed by atoms with E-state index in [1.807, 2.05) is 41.5 Å². The maximum atomic E-state index is 3.83. The number of rotatable bonds is 2. The van der Waals surface area contributed by atoms with Gasteiger partial charge in [0.1, 0.15) is 0 Å². The van der Waals surface area contributed by atoms with Crippen molar-refractivity contribution in [1.82, 2.24) is 10.9 Å². The Kier molecular flexibility index (Phi) is 229. The van der Waals surface area contributed by atoms with Gasteiger partial charge in [-0.15, -0.1) is 0 Å². The lowest BCUT2D eigenvalue weighted by atomic mass is 10.6. The summed E-state index contributed by atoms with van der Waals surface area (Å²) in [6.45, 7) is 16.2. The Balaban J connectivity index is -0.0000000263. The molecule has 3 heteroatoms. The molecule has 14 heavy (non-hydrogen) atoms. The van der Waals surface area contributed by atoms with Crippen molar-refractivity contribution in [3.8, 4) is 0 Å². The first-order chi connectivity index (χ1) is 6.83. The third kappa shape index (κ3) is 302. The summed E-state index contributed by atoms with van der Waals surface area (Å²) in [5, 5.41) is 0. The van der Waals surface area contributed by atoms with Crippen LogP contribution in [0, 0.1) is 0 Å². The van der Waals surface area contributed by atoms with Crippen LogP contribution in [-0.4, -0.2) is 12.9 Å². The molecule has 0 atom stereocenters. The highest BCUT2D eigenvalue weighted by molar-refractivity contribution is 7.80. The number of hydrazine groups is 1. The van der Waals surface area contributed by atoms with Crippen LogP contribution in [0.5, 0.6) is 0 Å². The Bertz CT molecular complexity index is 27.2. The standard InChI is InChI=1S/C3H8.C2H8N2S.3C2H6/c1-3-2;1-3-4-2-5;3*1-2/h3H2,1-2H3;3-5H,2H2,1H3;3*1-2H3. The molecule has 0 aromatic carbocycles. The number of hydrogen-bond donors (Lipinski definition) is 3. The molecule has 0 aliphatic rings. The number of nitrogens with one attached hydrogen (secondary N) is 2. The Morgan fingerprint density at radius 3 is 1.07 bits per heavy atom. The zero-order valence-corrected chi connectivity index (χ0v) is 12.8. The monoisotopic (exact) mass is 226 g/mol. The normalized spacial score (nSPS) is 5.57. The fraction of sp³-hybridized carbons (Fsp3) is 1.00. The number of hydrogen-bond acceptors (Lipinski definition) is 3. The molecule has 0 heterocycles. The van der Waals surface area contributed by atoms with Gasteiger partial charge in [0.25, 0.3) is 0 Å². The van der Waals surface area contributed by atoms with Crippen LogP contribution in [0.25, 0.3) is 0 Å². The first-order valence-corrected chi connectivity index (χ1v) is 6.47. The van der Waals surface area contributed by atoms with Crippen LogP contribution in [0.4, 0.5) is 0 Å².